The maximum Gasteiger partial charge on any atom is 0.246 e. The average molecular weight is 340 g/mol. The molecule has 3 rings (SSSR count). The van der Waals surface area contributed by atoms with Crippen LogP contribution in [0.3, 0.4) is 0 Å². The van der Waals surface area contributed by atoms with E-state index in [0.717, 1.165) is 30.8 Å². The van der Waals surface area contributed by atoms with Gasteiger partial charge in [0.2, 0.25) is 5.91 Å². The third kappa shape index (κ3) is 4.90. The summed E-state index contributed by atoms with van der Waals surface area (Å²) in [7, 11) is 0. The van der Waals surface area contributed by atoms with Gasteiger partial charge in [0.1, 0.15) is 11.6 Å². The van der Waals surface area contributed by atoms with Crippen molar-refractivity contribution in [2.75, 3.05) is 26.2 Å². The molecule has 5 heteroatoms. The summed E-state index contributed by atoms with van der Waals surface area (Å²) in [6.45, 7) is 3.70. The molecule has 1 amide bonds. The first kappa shape index (κ1) is 17.2. The molecule has 2 aromatic carbocycles. The van der Waals surface area contributed by atoms with Crippen molar-refractivity contribution in [3.63, 3.8) is 0 Å². The number of nitrogens with zero attached hydrogens (tertiary/aromatic N) is 2. The number of phenolic OH excluding ortho intramolecular Hbond substituents is 1. The SMILES string of the molecule is O=C(/C=C/c1cccc(O)c1)N1CCN(Cc2ccc(F)cc2)CC1. The van der Waals surface area contributed by atoms with Crippen LogP contribution >= 0.6 is 0 Å². The van der Waals surface area contributed by atoms with Gasteiger partial charge in [0, 0.05) is 38.8 Å². The number of benzene rings is 2. The Morgan fingerprint density at radius 2 is 1.80 bits per heavy atom. The number of rotatable bonds is 4. The lowest BCUT2D eigenvalue weighted by atomic mass is 10.2. The average Bonchev–Trinajstić information content (AvgIpc) is 2.62. The van der Waals surface area contributed by atoms with Crippen LogP contribution < -0.4 is 0 Å². The van der Waals surface area contributed by atoms with E-state index in [0.29, 0.717) is 13.1 Å². The van der Waals surface area contributed by atoms with Crippen LogP contribution in [-0.2, 0) is 11.3 Å². The fourth-order valence-corrected chi connectivity index (χ4v) is 2.88. The van der Waals surface area contributed by atoms with E-state index in [1.807, 2.05) is 11.0 Å². The molecule has 0 unspecified atom stereocenters. The van der Waals surface area contributed by atoms with E-state index in [1.54, 1.807) is 42.5 Å². The lowest BCUT2D eigenvalue weighted by molar-refractivity contribution is -0.127. The first-order valence-corrected chi connectivity index (χ1v) is 8.33. The molecule has 1 aliphatic heterocycles. The maximum absolute atomic E-state index is 12.9. The van der Waals surface area contributed by atoms with Gasteiger partial charge < -0.3 is 10.0 Å². The Bertz CT molecular complexity index is 751. The molecule has 1 aliphatic rings. The van der Waals surface area contributed by atoms with E-state index in [4.69, 9.17) is 0 Å². The molecule has 1 heterocycles. The van der Waals surface area contributed by atoms with Crippen LogP contribution in [0.5, 0.6) is 5.75 Å². The predicted molar refractivity (Wildman–Crippen MR) is 95.4 cm³/mol. The molecule has 0 radical (unpaired) electrons. The Hall–Kier alpha value is -2.66. The van der Waals surface area contributed by atoms with Gasteiger partial charge in [-0.2, -0.15) is 0 Å². The third-order valence-corrected chi connectivity index (χ3v) is 4.29. The fraction of sp³-hybridized carbons (Fsp3) is 0.250. The normalized spacial score (nSPS) is 15.6. The molecule has 4 nitrogen and oxygen atoms in total. The molecule has 0 bridgehead atoms. The van der Waals surface area contributed by atoms with Gasteiger partial charge in [-0.3, -0.25) is 9.69 Å². The van der Waals surface area contributed by atoms with Gasteiger partial charge in [-0.1, -0.05) is 24.3 Å². The Morgan fingerprint density at radius 3 is 2.48 bits per heavy atom. The smallest absolute Gasteiger partial charge is 0.246 e. The quantitative estimate of drug-likeness (QED) is 0.871. The van der Waals surface area contributed by atoms with Crippen molar-refractivity contribution in [1.29, 1.82) is 0 Å². The van der Waals surface area contributed by atoms with Crippen molar-refractivity contribution >= 4 is 12.0 Å². The summed E-state index contributed by atoms with van der Waals surface area (Å²) in [5, 5.41) is 9.44. The summed E-state index contributed by atoms with van der Waals surface area (Å²) in [4.78, 5) is 16.4. The summed E-state index contributed by atoms with van der Waals surface area (Å²) in [5.41, 5.74) is 1.87. The van der Waals surface area contributed by atoms with Crippen molar-refractivity contribution in [3.05, 3.63) is 71.6 Å². The molecular formula is C20H21FN2O2. The number of carbonyl (C=O) groups is 1. The number of phenols is 1. The number of amides is 1. The topological polar surface area (TPSA) is 43.8 Å². The van der Waals surface area contributed by atoms with Gasteiger partial charge >= 0.3 is 0 Å². The molecule has 130 valence electrons. The first-order chi connectivity index (χ1) is 12.1. The van der Waals surface area contributed by atoms with E-state index in [9.17, 15) is 14.3 Å². The minimum atomic E-state index is -0.224. The summed E-state index contributed by atoms with van der Waals surface area (Å²) >= 11 is 0. The van der Waals surface area contributed by atoms with Crippen molar-refractivity contribution in [3.8, 4) is 5.75 Å². The molecule has 2 aromatic rings. The first-order valence-electron chi connectivity index (χ1n) is 8.33. The van der Waals surface area contributed by atoms with Crippen LogP contribution in [0.1, 0.15) is 11.1 Å². The number of hydrogen-bond donors (Lipinski definition) is 1. The second-order valence-electron chi connectivity index (χ2n) is 6.16. The van der Waals surface area contributed by atoms with Crippen LogP contribution in [0.25, 0.3) is 6.08 Å². The highest BCUT2D eigenvalue weighted by molar-refractivity contribution is 5.91. The van der Waals surface area contributed by atoms with Gasteiger partial charge in [-0.05, 0) is 41.5 Å². The van der Waals surface area contributed by atoms with Gasteiger partial charge in [0.05, 0.1) is 0 Å². The van der Waals surface area contributed by atoms with Crippen LogP contribution in [0, 0.1) is 5.82 Å². The third-order valence-electron chi connectivity index (χ3n) is 4.29. The lowest BCUT2D eigenvalue weighted by Gasteiger charge is -2.34. The molecule has 1 N–H and O–H groups in total. The summed E-state index contributed by atoms with van der Waals surface area (Å²) in [5.74, 6) is -0.0635. The summed E-state index contributed by atoms with van der Waals surface area (Å²) in [6.07, 6.45) is 3.26. The predicted octanol–water partition coefficient (Wildman–Crippen LogP) is 2.89. The molecule has 0 aromatic heterocycles. The molecule has 1 fully saturated rings. The highest BCUT2D eigenvalue weighted by Crippen LogP contribution is 2.13. The largest absolute Gasteiger partial charge is 0.508 e. The Kier molecular flexibility index (Phi) is 5.46. The highest BCUT2D eigenvalue weighted by atomic mass is 19.1. The van der Waals surface area contributed by atoms with E-state index in [1.165, 1.54) is 12.1 Å². The van der Waals surface area contributed by atoms with Gasteiger partial charge in [-0.15, -0.1) is 0 Å². The van der Waals surface area contributed by atoms with E-state index in [2.05, 4.69) is 4.90 Å². The zero-order chi connectivity index (χ0) is 17.6. The molecule has 0 spiro atoms. The number of piperazine rings is 1. The number of halogens is 1. The van der Waals surface area contributed by atoms with E-state index < -0.39 is 0 Å². The minimum absolute atomic E-state index is 0.0234. The second kappa shape index (κ2) is 7.94. The fourth-order valence-electron chi connectivity index (χ4n) is 2.88. The van der Waals surface area contributed by atoms with Crippen LogP contribution in [-0.4, -0.2) is 47.0 Å². The Labute approximate surface area is 146 Å². The van der Waals surface area contributed by atoms with E-state index in [-0.39, 0.29) is 17.5 Å². The minimum Gasteiger partial charge on any atom is -0.508 e. The van der Waals surface area contributed by atoms with E-state index >= 15 is 0 Å². The van der Waals surface area contributed by atoms with Crippen LogP contribution in [0.4, 0.5) is 4.39 Å². The monoisotopic (exact) mass is 340 g/mol. The van der Waals surface area contributed by atoms with Gasteiger partial charge in [0.15, 0.2) is 0 Å². The Balaban J connectivity index is 1.49. The number of aromatic hydroxyl groups is 1. The van der Waals surface area contributed by atoms with Crippen molar-refractivity contribution in [2.24, 2.45) is 0 Å². The maximum atomic E-state index is 12.9. The molecule has 1 saturated heterocycles. The molecule has 0 saturated carbocycles. The summed E-state index contributed by atoms with van der Waals surface area (Å²) in [6, 6.07) is 13.3. The van der Waals surface area contributed by atoms with Crippen molar-refractivity contribution < 1.29 is 14.3 Å². The second-order valence-corrected chi connectivity index (χ2v) is 6.16. The standard InChI is InChI=1S/C20H21FN2O2/c21-18-7-4-17(5-8-18)15-22-10-12-23(13-11-22)20(25)9-6-16-2-1-3-19(24)14-16/h1-9,14,24H,10-13,15H2/b9-6+. The molecule has 25 heavy (non-hydrogen) atoms. The van der Waals surface area contributed by atoms with Crippen molar-refractivity contribution in [2.45, 2.75) is 6.54 Å². The van der Waals surface area contributed by atoms with Gasteiger partial charge in [-0.25, -0.2) is 4.39 Å². The summed E-state index contributed by atoms with van der Waals surface area (Å²) < 4.78 is 12.9. The Morgan fingerprint density at radius 1 is 1.08 bits per heavy atom. The van der Waals surface area contributed by atoms with Crippen LogP contribution in [0.2, 0.25) is 0 Å². The number of hydrogen-bond acceptors (Lipinski definition) is 3. The van der Waals surface area contributed by atoms with Crippen molar-refractivity contribution in [1.82, 2.24) is 9.80 Å². The zero-order valence-corrected chi connectivity index (χ0v) is 13.9. The van der Waals surface area contributed by atoms with Gasteiger partial charge in [0.25, 0.3) is 0 Å². The zero-order valence-electron chi connectivity index (χ0n) is 13.9. The molecule has 0 atom stereocenters. The lowest BCUT2D eigenvalue weighted by Crippen LogP contribution is -2.47. The van der Waals surface area contributed by atoms with Crippen LogP contribution in [0.15, 0.2) is 54.6 Å². The molecular weight excluding hydrogens is 319 g/mol. The highest BCUT2D eigenvalue weighted by Gasteiger charge is 2.19. The molecule has 0 aliphatic carbocycles. The number of carbonyl (C=O) groups excluding carboxylic acids is 1.